The van der Waals surface area contributed by atoms with Gasteiger partial charge in [0, 0.05) is 30.2 Å². The second-order valence-electron chi connectivity index (χ2n) is 8.16. The van der Waals surface area contributed by atoms with Crippen LogP contribution in [-0.4, -0.2) is 49.1 Å². The Balaban J connectivity index is 1.38. The molecule has 2 bridgehead atoms. The van der Waals surface area contributed by atoms with Gasteiger partial charge < -0.3 is 15.2 Å². The fourth-order valence-electron chi connectivity index (χ4n) is 4.54. The van der Waals surface area contributed by atoms with Crippen molar-refractivity contribution in [2.45, 2.75) is 56.5 Å². The van der Waals surface area contributed by atoms with E-state index < -0.39 is 17.8 Å². The third kappa shape index (κ3) is 3.27. The second kappa shape index (κ2) is 6.88. The maximum atomic E-state index is 15.0. The zero-order chi connectivity index (χ0) is 20.0. The number of hydrogen-bond acceptors (Lipinski definition) is 7. The van der Waals surface area contributed by atoms with Gasteiger partial charge in [0.2, 0.25) is 0 Å². The Morgan fingerprint density at radius 1 is 1.24 bits per heavy atom. The Morgan fingerprint density at radius 2 is 2.14 bits per heavy atom. The summed E-state index contributed by atoms with van der Waals surface area (Å²) in [5.74, 6) is 0.512. The van der Waals surface area contributed by atoms with Crippen molar-refractivity contribution < 1.29 is 14.2 Å². The van der Waals surface area contributed by atoms with Crippen molar-refractivity contribution in [3.05, 3.63) is 36.8 Å². The number of nitrogens with one attached hydrogen (secondary N) is 1. The number of halogens is 1. The molecule has 0 saturated carbocycles. The normalized spacial score (nSPS) is 29.0. The number of nitrogens with zero attached hydrogens (tertiary/aromatic N) is 4. The third-order valence-electron chi connectivity index (χ3n) is 6.04. The van der Waals surface area contributed by atoms with Gasteiger partial charge in [-0.25, -0.2) is 9.37 Å². The summed E-state index contributed by atoms with van der Waals surface area (Å²) in [5.41, 5.74) is -0.0896. The molecule has 3 aromatic rings. The lowest BCUT2D eigenvalue weighted by Crippen LogP contribution is -2.66. The predicted octanol–water partition coefficient (Wildman–Crippen LogP) is 3.18. The van der Waals surface area contributed by atoms with Crippen LogP contribution in [0.5, 0.6) is 11.6 Å². The highest BCUT2D eigenvalue weighted by molar-refractivity contribution is 5.88. The number of fused-ring (bicyclic) bond motifs is 3. The largest absolute Gasteiger partial charge is 0.507 e. The molecule has 7 nitrogen and oxygen atoms in total. The molecule has 0 amide bonds. The summed E-state index contributed by atoms with van der Waals surface area (Å²) in [5, 5.41) is 23.6. The van der Waals surface area contributed by atoms with Gasteiger partial charge in [0.15, 0.2) is 12.0 Å². The van der Waals surface area contributed by atoms with E-state index in [4.69, 9.17) is 4.74 Å². The van der Waals surface area contributed by atoms with Crippen molar-refractivity contribution in [3.8, 4) is 23.0 Å². The van der Waals surface area contributed by atoms with Crippen molar-refractivity contribution in [1.82, 2.24) is 25.5 Å². The van der Waals surface area contributed by atoms with Crippen LogP contribution >= 0.6 is 0 Å². The Morgan fingerprint density at radius 3 is 2.97 bits per heavy atom. The molecule has 2 N–H and O–H groups in total. The summed E-state index contributed by atoms with van der Waals surface area (Å²) >= 11 is 0. The number of hydrogen-bond donors (Lipinski definition) is 2. The van der Waals surface area contributed by atoms with Crippen LogP contribution < -0.4 is 10.1 Å². The molecule has 2 saturated heterocycles. The molecule has 150 valence electrons. The van der Waals surface area contributed by atoms with E-state index in [9.17, 15) is 5.11 Å². The van der Waals surface area contributed by atoms with Crippen LogP contribution in [-0.2, 0) is 0 Å². The molecule has 2 aliphatic rings. The highest BCUT2D eigenvalue weighted by Crippen LogP contribution is 2.37. The molecule has 0 spiro atoms. The highest BCUT2D eigenvalue weighted by atomic mass is 19.1. The SMILES string of the molecule is C[C@]12CCCC(C[C@@H](Oc3cnc(-c4cc5ccncc5cc4O)nn3)[C@@H]1F)N2. The van der Waals surface area contributed by atoms with Gasteiger partial charge in [-0.15, -0.1) is 10.2 Å². The zero-order valence-corrected chi connectivity index (χ0v) is 16.0. The first-order valence-corrected chi connectivity index (χ1v) is 9.87. The molecule has 2 fully saturated rings. The molecule has 1 aromatic carbocycles. The molecule has 5 rings (SSSR count). The van der Waals surface area contributed by atoms with Crippen LogP contribution in [0.25, 0.3) is 22.2 Å². The number of benzene rings is 1. The van der Waals surface area contributed by atoms with Crippen molar-refractivity contribution in [3.63, 3.8) is 0 Å². The lowest BCUT2D eigenvalue weighted by molar-refractivity contribution is -0.0350. The van der Waals surface area contributed by atoms with Gasteiger partial charge >= 0.3 is 0 Å². The molecule has 1 unspecified atom stereocenters. The summed E-state index contributed by atoms with van der Waals surface area (Å²) in [6.07, 6.45) is 6.55. The summed E-state index contributed by atoms with van der Waals surface area (Å²) in [7, 11) is 0. The minimum atomic E-state index is -1.13. The number of piperidine rings is 2. The van der Waals surface area contributed by atoms with E-state index in [0.29, 0.717) is 12.0 Å². The average Bonchev–Trinajstić information content (AvgIpc) is 2.72. The first-order chi connectivity index (χ1) is 14.0. The van der Waals surface area contributed by atoms with E-state index in [0.717, 1.165) is 30.0 Å². The molecular formula is C21H22FN5O2. The fraction of sp³-hybridized carbons (Fsp3) is 0.429. The topological polar surface area (TPSA) is 93.1 Å². The summed E-state index contributed by atoms with van der Waals surface area (Å²) < 4.78 is 20.9. The molecule has 4 heterocycles. The highest BCUT2D eigenvalue weighted by Gasteiger charge is 2.49. The summed E-state index contributed by atoms with van der Waals surface area (Å²) in [6, 6.07) is 5.51. The van der Waals surface area contributed by atoms with Crippen LogP contribution in [0.4, 0.5) is 4.39 Å². The fourth-order valence-corrected chi connectivity index (χ4v) is 4.54. The quantitative estimate of drug-likeness (QED) is 0.703. The standard InChI is InChI=1S/C21H22FN5O2/c1-21-5-2-3-14(25-21)9-17(19(21)22)29-18-11-24-20(27-26-18)15-7-12-4-6-23-10-13(12)8-16(15)28/h4,6-8,10-11,14,17,19,25,28H,2-3,5,9H2,1H3/t14?,17-,19+,21+/m1/s1. The molecule has 0 radical (unpaired) electrons. The minimum absolute atomic E-state index is 0.0453. The number of pyridine rings is 1. The van der Waals surface area contributed by atoms with Crippen LogP contribution in [0.1, 0.15) is 32.6 Å². The number of phenols is 1. The predicted molar refractivity (Wildman–Crippen MR) is 105 cm³/mol. The van der Waals surface area contributed by atoms with Crippen molar-refractivity contribution in [2.75, 3.05) is 0 Å². The number of alkyl halides is 1. The summed E-state index contributed by atoms with van der Waals surface area (Å²) in [6.45, 7) is 1.92. The average molecular weight is 395 g/mol. The number of ether oxygens (including phenoxy) is 1. The number of phenolic OH excluding ortho intramolecular Hbond substituents is 1. The Hall–Kier alpha value is -2.87. The number of aromatic hydroxyl groups is 1. The van der Waals surface area contributed by atoms with Crippen LogP contribution in [0, 0.1) is 0 Å². The van der Waals surface area contributed by atoms with Gasteiger partial charge in [0.1, 0.15) is 11.9 Å². The van der Waals surface area contributed by atoms with Crippen LogP contribution in [0.2, 0.25) is 0 Å². The van der Waals surface area contributed by atoms with Crippen LogP contribution in [0.15, 0.2) is 36.8 Å². The van der Waals surface area contributed by atoms with E-state index in [1.54, 1.807) is 24.5 Å². The van der Waals surface area contributed by atoms with Gasteiger partial charge in [0.25, 0.3) is 5.88 Å². The first kappa shape index (κ1) is 18.2. The first-order valence-electron chi connectivity index (χ1n) is 9.87. The molecule has 29 heavy (non-hydrogen) atoms. The lowest BCUT2D eigenvalue weighted by atomic mass is 9.75. The number of aromatic nitrogens is 4. The van der Waals surface area contributed by atoms with E-state index in [1.165, 1.54) is 6.20 Å². The van der Waals surface area contributed by atoms with E-state index in [-0.39, 0.29) is 23.5 Å². The molecule has 2 aliphatic heterocycles. The Kier molecular flexibility index (Phi) is 4.31. The van der Waals surface area contributed by atoms with Crippen molar-refractivity contribution in [2.24, 2.45) is 0 Å². The molecular weight excluding hydrogens is 373 g/mol. The van der Waals surface area contributed by atoms with Gasteiger partial charge in [-0.3, -0.25) is 4.98 Å². The zero-order valence-electron chi connectivity index (χ0n) is 16.0. The Bertz CT molecular complexity index is 1050. The van der Waals surface area contributed by atoms with Gasteiger partial charge in [0.05, 0.1) is 17.3 Å². The monoisotopic (exact) mass is 395 g/mol. The third-order valence-corrected chi connectivity index (χ3v) is 6.04. The van der Waals surface area contributed by atoms with E-state index in [1.807, 2.05) is 13.0 Å². The van der Waals surface area contributed by atoms with Gasteiger partial charge in [-0.1, -0.05) is 0 Å². The smallest absolute Gasteiger partial charge is 0.252 e. The maximum Gasteiger partial charge on any atom is 0.252 e. The molecule has 2 aromatic heterocycles. The van der Waals surface area contributed by atoms with Crippen molar-refractivity contribution >= 4 is 10.8 Å². The van der Waals surface area contributed by atoms with Crippen molar-refractivity contribution in [1.29, 1.82) is 0 Å². The maximum absolute atomic E-state index is 15.0. The molecule has 0 aliphatic carbocycles. The Labute approximate surface area is 167 Å². The second-order valence-corrected chi connectivity index (χ2v) is 8.16. The van der Waals surface area contributed by atoms with Gasteiger partial charge in [-0.05, 0) is 49.8 Å². The van der Waals surface area contributed by atoms with E-state index in [2.05, 4.69) is 25.5 Å². The minimum Gasteiger partial charge on any atom is -0.507 e. The van der Waals surface area contributed by atoms with Crippen LogP contribution in [0.3, 0.4) is 0 Å². The summed E-state index contributed by atoms with van der Waals surface area (Å²) in [4.78, 5) is 8.33. The molecule has 4 atom stereocenters. The van der Waals surface area contributed by atoms with Gasteiger partial charge in [-0.2, -0.15) is 0 Å². The number of rotatable bonds is 3. The molecule has 8 heteroatoms. The lowest BCUT2D eigenvalue weighted by Gasteiger charge is -2.49. The van der Waals surface area contributed by atoms with E-state index >= 15 is 4.39 Å².